The van der Waals surface area contributed by atoms with Gasteiger partial charge >= 0.3 is 0 Å². The molecule has 0 aliphatic carbocycles. The molecular formula is C10H13Br2ClN2O2S. The first kappa shape index (κ1) is 16.4. The van der Waals surface area contributed by atoms with Gasteiger partial charge in [-0.25, -0.2) is 8.42 Å². The minimum Gasteiger partial charge on any atom is -0.326 e. The number of hydrogen-bond acceptors (Lipinski definition) is 3. The average molecular weight is 421 g/mol. The third kappa shape index (κ3) is 3.26. The lowest BCUT2D eigenvalue weighted by Crippen LogP contribution is -2.32. The third-order valence-corrected chi connectivity index (χ3v) is 6.05. The van der Waals surface area contributed by atoms with E-state index in [0.717, 1.165) is 4.47 Å². The zero-order valence-corrected chi connectivity index (χ0v) is 14.1. The summed E-state index contributed by atoms with van der Waals surface area (Å²) < 4.78 is 27.5. The third-order valence-electron chi connectivity index (χ3n) is 2.70. The van der Waals surface area contributed by atoms with Crippen LogP contribution >= 0.6 is 44.3 Å². The molecular weight excluding hydrogens is 407 g/mol. The van der Waals surface area contributed by atoms with Crippen LogP contribution in [0.1, 0.15) is 6.42 Å². The molecule has 0 amide bonds. The molecule has 0 bridgehead atoms. The number of nitrogens with two attached hydrogens (primary N) is 1. The first-order valence-electron chi connectivity index (χ1n) is 5.12. The van der Waals surface area contributed by atoms with Crippen LogP contribution in [0.5, 0.6) is 0 Å². The van der Waals surface area contributed by atoms with Crippen LogP contribution in [0.15, 0.2) is 32.0 Å². The summed E-state index contributed by atoms with van der Waals surface area (Å²) in [5.41, 5.74) is 5.74. The van der Waals surface area contributed by atoms with E-state index in [-0.39, 0.29) is 23.3 Å². The largest absolute Gasteiger partial charge is 0.326 e. The van der Waals surface area contributed by atoms with Crippen LogP contribution in [0, 0.1) is 0 Å². The molecule has 0 aromatic heterocycles. The highest BCUT2D eigenvalue weighted by molar-refractivity contribution is 9.11. The topological polar surface area (TPSA) is 63.4 Å². The number of sulfonamides is 1. The fraction of sp³-hybridized carbons (Fsp3) is 0.400. The van der Waals surface area contributed by atoms with Gasteiger partial charge in [-0.2, -0.15) is 4.31 Å². The Balaban J connectivity index is 0.00000162. The fourth-order valence-electron chi connectivity index (χ4n) is 1.79. The van der Waals surface area contributed by atoms with E-state index in [2.05, 4.69) is 31.9 Å². The smallest absolute Gasteiger partial charge is 0.244 e. The molecule has 0 saturated carbocycles. The Morgan fingerprint density at radius 3 is 2.56 bits per heavy atom. The Morgan fingerprint density at radius 1 is 1.33 bits per heavy atom. The second-order valence-corrected chi connectivity index (χ2v) is 7.66. The summed E-state index contributed by atoms with van der Waals surface area (Å²) in [6.45, 7) is 0.879. The summed E-state index contributed by atoms with van der Waals surface area (Å²) in [4.78, 5) is 0.279. The quantitative estimate of drug-likeness (QED) is 0.799. The summed E-state index contributed by atoms with van der Waals surface area (Å²) in [5.74, 6) is 0. The van der Waals surface area contributed by atoms with E-state index in [4.69, 9.17) is 5.73 Å². The van der Waals surface area contributed by atoms with E-state index in [0.29, 0.717) is 24.0 Å². The Labute approximate surface area is 130 Å². The van der Waals surface area contributed by atoms with E-state index in [9.17, 15) is 8.42 Å². The maximum Gasteiger partial charge on any atom is 0.244 e. The predicted molar refractivity (Wildman–Crippen MR) is 80.4 cm³/mol. The molecule has 1 atom stereocenters. The molecule has 1 heterocycles. The van der Waals surface area contributed by atoms with Gasteiger partial charge in [0.1, 0.15) is 0 Å². The van der Waals surface area contributed by atoms with Crippen molar-refractivity contribution in [2.75, 3.05) is 13.1 Å². The lowest BCUT2D eigenvalue weighted by atomic mass is 10.3. The van der Waals surface area contributed by atoms with Crippen molar-refractivity contribution in [3.05, 3.63) is 27.1 Å². The van der Waals surface area contributed by atoms with Crippen LogP contribution < -0.4 is 5.73 Å². The van der Waals surface area contributed by atoms with Crippen molar-refractivity contribution in [1.82, 2.24) is 4.31 Å². The average Bonchev–Trinajstić information content (AvgIpc) is 2.69. The van der Waals surface area contributed by atoms with E-state index >= 15 is 0 Å². The van der Waals surface area contributed by atoms with Crippen molar-refractivity contribution in [2.24, 2.45) is 5.73 Å². The minimum atomic E-state index is -3.45. The van der Waals surface area contributed by atoms with Crippen molar-refractivity contribution in [1.29, 1.82) is 0 Å². The van der Waals surface area contributed by atoms with E-state index < -0.39 is 10.0 Å². The molecule has 1 aliphatic rings. The maximum absolute atomic E-state index is 12.4. The van der Waals surface area contributed by atoms with Crippen LogP contribution in [0.4, 0.5) is 0 Å². The highest BCUT2D eigenvalue weighted by Gasteiger charge is 2.32. The highest BCUT2D eigenvalue weighted by atomic mass is 79.9. The maximum atomic E-state index is 12.4. The summed E-state index contributed by atoms with van der Waals surface area (Å²) >= 11 is 6.55. The van der Waals surface area contributed by atoms with Crippen LogP contribution in [0.3, 0.4) is 0 Å². The molecule has 102 valence electrons. The summed E-state index contributed by atoms with van der Waals surface area (Å²) in [6, 6.07) is 5.05. The van der Waals surface area contributed by atoms with Crippen LogP contribution in [0.2, 0.25) is 0 Å². The van der Waals surface area contributed by atoms with Crippen LogP contribution in [-0.4, -0.2) is 31.9 Å². The Morgan fingerprint density at radius 2 is 2.00 bits per heavy atom. The van der Waals surface area contributed by atoms with Gasteiger partial charge in [0.15, 0.2) is 0 Å². The number of hydrogen-bond donors (Lipinski definition) is 1. The van der Waals surface area contributed by atoms with E-state index in [1.54, 1.807) is 18.2 Å². The Bertz CT molecular complexity index is 539. The molecule has 1 saturated heterocycles. The molecule has 2 rings (SSSR count). The van der Waals surface area contributed by atoms with Gasteiger partial charge in [-0.3, -0.25) is 0 Å². The van der Waals surface area contributed by atoms with Gasteiger partial charge in [0.25, 0.3) is 0 Å². The highest BCUT2D eigenvalue weighted by Crippen LogP contribution is 2.29. The van der Waals surface area contributed by atoms with Crippen LogP contribution in [-0.2, 0) is 10.0 Å². The monoisotopic (exact) mass is 418 g/mol. The molecule has 1 aromatic carbocycles. The van der Waals surface area contributed by atoms with E-state index in [1.807, 2.05) is 0 Å². The van der Waals surface area contributed by atoms with Gasteiger partial charge in [-0.15, -0.1) is 12.4 Å². The minimum absolute atomic E-state index is 0. The standard InChI is InChI=1S/C10H12Br2N2O2S.ClH/c11-7-1-2-9(12)10(5-7)17(15,16)14-4-3-8(13)6-14;/h1-2,5,8H,3-4,6,13H2;1H/t8-;/m0./s1. The molecule has 4 nitrogen and oxygen atoms in total. The molecule has 18 heavy (non-hydrogen) atoms. The molecule has 1 fully saturated rings. The molecule has 1 aliphatic heterocycles. The number of halogens is 3. The van der Waals surface area contributed by atoms with Gasteiger partial charge in [0, 0.05) is 28.1 Å². The first-order valence-corrected chi connectivity index (χ1v) is 8.14. The number of nitrogens with zero attached hydrogens (tertiary/aromatic N) is 1. The zero-order chi connectivity index (χ0) is 12.6. The Hall–Kier alpha value is 0.340. The lowest BCUT2D eigenvalue weighted by Gasteiger charge is -2.17. The van der Waals surface area contributed by atoms with Crippen LogP contribution in [0.25, 0.3) is 0 Å². The van der Waals surface area contributed by atoms with Crippen molar-refractivity contribution in [3.63, 3.8) is 0 Å². The van der Waals surface area contributed by atoms with Crippen molar-refractivity contribution in [3.8, 4) is 0 Å². The normalized spacial score (nSPS) is 20.7. The summed E-state index contributed by atoms with van der Waals surface area (Å²) in [6.07, 6.45) is 0.713. The van der Waals surface area contributed by atoms with Gasteiger partial charge < -0.3 is 5.73 Å². The first-order chi connectivity index (χ1) is 7.91. The molecule has 0 radical (unpaired) electrons. The van der Waals surface area contributed by atoms with Crippen molar-refractivity contribution >= 4 is 54.3 Å². The molecule has 0 unspecified atom stereocenters. The second-order valence-electron chi connectivity index (χ2n) is 3.99. The van der Waals surface area contributed by atoms with Gasteiger partial charge in [0.05, 0.1) is 4.90 Å². The van der Waals surface area contributed by atoms with E-state index in [1.165, 1.54) is 4.31 Å². The summed E-state index contributed by atoms with van der Waals surface area (Å²) in [7, 11) is -3.45. The SMILES string of the molecule is Cl.N[C@H]1CCN(S(=O)(=O)c2cc(Br)ccc2Br)C1. The van der Waals surface area contributed by atoms with Crippen molar-refractivity contribution < 1.29 is 8.42 Å². The molecule has 2 N–H and O–H groups in total. The predicted octanol–water partition coefficient (Wildman–Crippen LogP) is 2.36. The second kappa shape index (κ2) is 6.19. The van der Waals surface area contributed by atoms with Crippen molar-refractivity contribution in [2.45, 2.75) is 17.4 Å². The molecule has 8 heteroatoms. The fourth-order valence-corrected chi connectivity index (χ4v) is 4.76. The molecule has 0 spiro atoms. The van der Waals surface area contributed by atoms with Gasteiger partial charge in [-0.05, 0) is 40.5 Å². The number of rotatable bonds is 2. The number of benzene rings is 1. The van der Waals surface area contributed by atoms with Gasteiger partial charge in [-0.1, -0.05) is 15.9 Å². The molecule has 1 aromatic rings. The summed E-state index contributed by atoms with van der Waals surface area (Å²) in [5, 5.41) is 0. The van der Waals surface area contributed by atoms with Gasteiger partial charge in [0.2, 0.25) is 10.0 Å². The lowest BCUT2D eigenvalue weighted by molar-refractivity contribution is 0.472. The zero-order valence-electron chi connectivity index (χ0n) is 9.34. The Kier molecular flexibility index (Phi) is 5.64.